The maximum absolute atomic E-state index is 13.6. The van der Waals surface area contributed by atoms with E-state index >= 15 is 0 Å². The van der Waals surface area contributed by atoms with Crippen LogP contribution in [0.15, 0.2) is 30.3 Å². The number of nitrogens with one attached hydrogen (secondary N) is 2. The van der Waals surface area contributed by atoms with Crippen molar-refractivity contribution in [2.45, 2.75) is 75.4 Å². The molecule has 4 saturated carbocycles. The van der Waals surface area contributed by atoms with Crippen molar-refractivity contribution in [1.29, 1.82) is 0 Å². The predicted octanol–water partition coefficient (Wildman–Crippen LogP) is 0.652. The van der Waals surface area contributed by atoms with Crippen LogP contribution in [-0.2, 0) is 20.8 Å². The summed E-state index contributed by atoms with van der Waals surface area (Å²) in [5.74, 6) is 1.21. The summed E-state index contributed by atoms with van der Waals surface area (Å²) in [5.41, 5.74) is 18.3. The van der Waals surface area contributed by atoms with E-state index in [-0.39, 0.29) is 23.8 Å². The SMILES string of the molecule is NCCN(CCN)C(=O)C[C@H](N)C(=O)N[C@@H](CCc1ccccc1)C(=O)NC12CC3CC(CC(C3)C1)C2. The van der Waals surface area contributed by atoms with Gasteiger partial charge >= 0.3 is 0 Å². The molecule has 4 fully saturated rings. The molecular formula is C28H44N6O3. The molecule has 204 valence electrons. The summed E-state index contributed by atoms with van der Waals surface area (Å²) in [6.07, 6.45) is 7.93. The van der Waals surface area contributed by atoms with Crippen LogP contribution in [0.5, 0.6) is 0 Å². The number of nitrogens with zero attached hydrogens (tertiary/aromatic N) is 1. The molecule has 4 aliphatic rings. The Kier molecular flexibility index (Phi) is 9.21. The Hall–Kier alpha value is -2.49. The largest absolute Gasteiger partial charge is 0.349 e. The molecule has 5 rings (SSSR count). The number of amides is 3. The number of carbonyl (C=O) groups is 3. The first-order chi connectivity index (χ1) is 17.8. The molecule has 1 aromatic rings. The smallest absolute Gasteiger partial charge is 0.243 e. The summed E-state index contributed by atoms with van der Waals surface area (Å²) in [4.78, 5) is 40.9. The minimum Gasteiger partial charge on any atom is -0.349 e. The van der Waals surface area contributed by atoms with Crippen LogP contribution in [0.3, 0.4) is 0 Å². The summed E-state index contributed by atoms with van der Waals surface area (Å²) in [7, 11) is 0. The highest BCUT2D eigenvalue weighted by Gasteiger charge is 2.52. The summed E-state index contributed by atoms with van der Waals surface area (Å²) in [5, 5.41) is 6.28. The molecule has 2 atom stereocenters. The van der Waals surface area contributed by atoms with Gasteiger partial charge in [0.15, 0.2) is 0 Å². The van der Waals surface area contributed by atoms with Gasteiger partial charge in [-0.1, -0.05) is 30.3 Å². The molecule has 4 bridgehead atoms. The molecule has 0 unspecified atom stereocenters. The minimum absolute atomic E-state index is 0.141. The van der Waals surface area contributed by atoms with E-state index in [1.165, 1.54) is 24.2 Å². The lowest BCUT2D eigenvalue weighted by atomic mass is 9.53. The standard InChI is InChI=1S/C28H44N6O3/c29-8-10-34(11-9-30)25(35)15-23(31)26(36)32-24(7-6-19-4-2-1-3-5-19)27(37)33-28-16-20-12-21(17-28)14-22(13-20)18-28/h1-5,20-24H,6-18,29-31H2,(H,32,36)(H,33,37)/t20?,21?,22?,23-,24-,28?/m0/s1. The first-order valence-corrected chi connectivity index (χ1v) is 13.9. The first-order valence-electron chi connectivity index (χ1n) is 13.9. The second-order valence-electron chi connectivity index (χ2n) is 11.5. The Bertz CT molecular complexity index is 898. The van der Waals surface area contributed by atoms with Crippen LogP contribution in [0.25, 0.3) is 0 Å². The van der Waals surface area contributed by atoms with Crippen molar-refractivity contribution in [2.24, 2.45) is 35.0 Å². The van der Waals surface area contributed by atoms with Crippen LogP contribution in [0.2, 0.25) is 0 Å². The zero-order valence-corrected chi connectivity index (χ0v) is 21.9. The Morgan fingerprint density at radius 1 is 0.919 bits per heavy atom. The van der Waals surface area contributed by atoms with Crippen LogP contribution in [0.1, 0.15) is 56.9 Å². The van der Waals surface area contributed by atoms with Gasteiger partial charge in [-0.15, -0.1) is 0 Å². The van der Waals surface area contributed by atoms with Crippen molar-refractivity contribution in [3.63, 3.8) is 0 Å². The second kappa shape index (κ2) is 12.4. The van der Waals surface area contributed by atoms with Gasteiger partial charge in [-0.05, 0) is 74.7 Å². The molecule has 0 radical (unpaired) electrons. The van der Waals surface area contributed by atoms with Crippen LogP contribution in [-0.4, -0.2) is 66.4 Å². The molecule has 4 aliphatic carbocycles. The molecule has 8 N–H and O–H groups in total. The third-order valence-electron chi connectivity index (χ3n) is 8.51. The van der Waals surface area contributed by atoms with Crippen molar-refractivity contribution in [3.8, 4) is 0 Å². The van der Waals surface area contributed by atoms with Gasteiger partial charge in [0, 0.05) is 31.7 Å². The van der Waals surface area contributed by atoms with Gasteiger partial charge in [-0.2, -0.15) is 0 Å². The van der Waals surface area contributed by atoms with Gasteiger partial charge in [-0.25, -0.2) is 0 Å². The van der Waals surface area contributed by atoms with E-state index in [9.17, 15) is 14.4 Å². The maximum Gasteiger partial charge on any atom is 0.243 e. The zero-order chi connectivity index (χ0) is 26.4. The quantitative estimate of drug-likeness (QED) is 0.261. The third kappa shape index (κ3) is 7.09. The van der Waals surface area contributed by atoms with Gasteiger partial charge < -0.3 is 32.7 Å². The lowest BCUT2D eigenvalue weighted by Crippen LogP contribution is -2.63. The van der Waals surface area contributed by atoms with Gasteiger partial charge in [0.25, 0.3) is 0 Å². The summed E-state index contributed by atoms with van der Waals surface area (Å²) in [6, 6.07) is 8.15. The molecular weight excluding hydrogens is 468 g/mol. The molecule has 3 amide bonds. The fourth-order valence-corrected chi connectivity index (χ4v) is 7.20. The third-order valence-corrected chi connectivity index (χ3v) is 8.51. The van der Waals surface area contributed by atoms with Crippen LogP contribution in [0.4, 0.5) is 0 Å². The zero-order valence-electron chi connectivity index (χ0n) is 21.9. The topological polar surface area (TPSA) is 157 Å². The Labute approximate surface area is 220 Å². The molecule has 1 aromatic carbocycles. The van der Waals surface area contributed by atoms with Gasteiger partial charge in [0.2, 0.25) is 17.7 Å². The van der Waals surface area contributed by atoms with E-state index in [0.717, 1.165) is 24.8 Å². The van der Waals surface area contributed by atoms with Crippen LogP contribution >= 0.6 is 0 Å². The average Bonchev–Trinajstić information content (AvgIpc) is 2.85. The summed E-state index contributed by atoms with van der Waals surface area (Å²) >= 11 is 0. The van der Waals surface area contributed by atoms with E-state index in [2.05, 4.69) is 10.6 Å². The van der Waals surface area contributed by atoms with E-state index in [0.29, 0.717) is 56.8 Å². The number of rotatable bonds is 13. The lowest BCUT2D eigenvalue weighted by molar-refractivity contribution is -0.136. The monoisotopic (exact) mass is 512 g/mol. The minimum atomic E-state index is -1.06. The van der Waals surface area contributed by atoms with E-state index < -0.39 is 18.0 Å². The molecule has 0 aromatic heterocycles. The molecule has 0 spiro atoms. The van der Waals surface area contributed by atoms with Crippen molar-refractivity contribution in [3.05, 3.63) is 35.9 Å². The number of hydrogen-bond donors (Lipinski definition) is 5. The predicted molar refractivity (Wildman–Crippen MR) is 143 cm³/mol. The highest BCUT2D eigenvalue weighted by molar-refractivity contribution is 5.92. The Balaban J connectivity index is 1.40. The van der Waals surface area contributed by atoms with E-state index in [1.54, 1.807) is 0 Å². The summed E-state index contributed by atoms with van der Waals surface area (Å²) < 4.78 is 0. The molecule has 0 heterocycles. The number of carbonyl (C=O) groups excluding carboxylic acids is 3. The number of hydrogen-bond acceptors (Lipinski definition) is 6. The Morgan fingerprint density at radius 3 is 2.03 bits per heavy atom. The van der Waals surface area contributed by atoms with Gasteiger partial charge in [0.1, 0.15) is 6.04 Å². The fraction of sp³-hybridized carbons (Fsp3) is 0.679. The van der Waals surface area contributed by atoms with Crippen LogP contribution in [0, 0.1) is 17.8 Å². The molecule has 9 nitrogen and oxygen atoms in total. The molecule has 9 heteroatoms. The van der Waals surface area contributed by atoms with Gasteiger partial charge in [0.05, 0.1) is 12.5 Å². The molecule has 37 heavy (non-hydrogen) atoms. The van der Waals surface area contributed by atoms with E-state index in [1.807, 2.05) is 30.3 Å². The normalized spacial score (nSPS) is 27.4. The first kappa shape index (κ1) is 27.5. The highest BCUT2D eigenvalue weighted by atomic mass is 16.2. The van der Waals surface area contributed by atoms with Crippen molar-refractivity contribution >= 4 is 17.7 Å². The highest BCUT2D eigenvalue weighted by Crippen LogP contribution is 2.55. The number of benzene rings is 1. The molecule has 0 saturated heterocycles. The summed E-state index contributed by atoms with van der Waals surface area (Å²) in [6.45, 7) is 1.33. The van der Waals surface area contributed by atoms with Crippen LogP contribution < -0.4 is 27.8 Å². The number of nitrogens with two attached hydrogens (primary N) is 3. The van der Waals surface area contributed by atoms with Crippen molar-refractivity contribution < 1.29 is 14.4 Å². The molecule has 0 aliphatic heterocycles. The number of aryl methyl sites for hydroxylation is 1. The van der Waals surface area contributed by atoms with Gasteiger partial charge in [-0.3, -0.25) is 14.4 Å². The van der Waals surface area contributed by atoms with E-state index in [4.69, 9.17) is 17.2 Å². The fourth-order valence-electron chi connectivity index (χ4n) is 7.20. The average molecular weight is 513 g/mol. The van der Waals surface area contributed by atoms with Crippen molar-refractivity contribution in [1.82, 2.24) is 15.5 Å². The van der Waals surface area contributed by atoms with Crippen molar-refractivity contribution in [2.75, 3.05) is 26.2 Å². The second-order valence-corrected chi connectivity index (χ2v) is 11.5. The Morgan fingerprint density at radius 2 is 1.49 bits per heavy atom. The maximum atomic E-state index is 13.6. The lowest BCUT2D eigenvalue weighted by Gasteiger charge is -2.57.